The zero-order valence-electron chi connectivity index (χ0n) is 14.1. The summed E-state index contributed by atoms with van der Waals surface area (Å²) in [5.41, 5.74) is -0.321. The van der Waals surface area contributed by atoms with E-state index in [1.165, 1.54) is 12.1 Å². The van der Waals surface area contributed by atoms with E-state index in [1.807, 2.05) is 0 Å². The Morgan fingerprint density at radius 3 is 2.30 bits per heavy atom. The first kappa shape index (κ1) is 19.0. The number of anilines is 1. The van der Waals surface area contributed by atoms with Gasteiger partial charge < -0.3 is 5.32 Å². The van der Waals surface area contributed by atoms with Gasteiger partial charge in [0.2, 0.25) is 0 Å². The zero-order valence-corrected chi connectivity index (χ0v) is 14.9. The highest BCUT2D eigenvalue weighted by Crippen LogP contribution is 2.34. The van der Waals surface area contributed by atoms with Crippen molar-refractivity contribution < 1.29 is 22.8 Å². The van der Waals surface area contributed by atoms with E-state index in [-0.39, 0.29) is 23.5 Å². The quantitative estimate of drug-likeness (QED) is 0.773. The van der Waals surface area contributed by atoms with Gasteiger partial charge in [0.15, 0.2) is 0 Å². The third kappa shape index (κ3) is 3.68. The van der Waals surface area contributed by atoms with Crippen molar-refractivity contribution >= 4 is 34.7 Å². The predicted octanol–water partition coefficient (Wildman–Crippen LogP) is 4.57. The maximum Gasteiger partial charge on any atom is 0.416 e. The smallest absolute Gasteiger partial charge is 0.350 e. The van der Waals surface area contributed by atoms with Gasteiger partial charge in [0.1, 0.15) is 5.70 Å². The minimum atomic E-state index is -4.52. The van der Waals surface area contributed by atoms with Crippen LogP contribution in [0.2, 0.25) is 5.02 Å². The highest BCUT2D eigenvalue weighted by molar-refractivity contribution is 6.36. The number of rotatable bonds is 4. The molecule has 0 radical (unpaired) electrons. The van der Waals surface area contributed by atoms with E-state index in [2.05, 4.69) is 5.32 Å². The number of carbonyl (C=O) groups is 2. The van der Waals surface area contributed by atoms with E-state index >= 15 is 0 Å². The third-order valence-corrected chi connectivity index (χ3v) is 4.33. The first-order valence-electron chi connectivity index (χ1n) is 8.03. The molecule has 3 rings (SSSR count). The molecule has 2 aromatic carbocycles. The van der Waals surface area contributed by atoms with E-state index in [0.717, 1.165) is 17.0 Å². The summed E-state index contributed by atoms with van der Waals surface area (Å²) < 4.78 is 38.8. The van der Waals surface area contributed by atoms with Gasteiger partial charge in [0.25, 0.3) is 11.8 Å². The van der Waals surface area contributed by atoms with Crippen molar-refractivity contribution in [2.45, 2.75) is 13.1 Å². The van der Waals surface area contributed by atoms with Crippen molar-refractivity contribution in [3.8, 4) is 0 Å². The van der Waals surface area contributed by atoms with E-state index < -0.39 is 23.6 Å². The Morgan fingerprint density at radius 1 is 1.04 bits per heavy atom. The normalized spacial score (nSPS) is 14.9. The molecule has 0 atom stereocenters. The topological polar surface area (TPSA) is 49.4 Å². The zero-order chi connectivity index (χ0) is 19.8. The summed E-state index contributed by atoms with van der Waals surface area (Å²) in [5, 5.41) is 3.15. The van der Waals surface area contributed by atoms with Crippen LogP contribution in [0.1, 0.15) is 18.1 Å². The van der Waals surface area contributed by atoms with Crippen LogP contribution in [0.5, 0.6) is 0 Å². The lowest BCUT2D eigenvalue weighted by molar-refractivity contribution is -0.138. The van der Waals surface area contributed by atoms with Gasteiger partial charge >= 0.3 is 6.18 Å². The number of nitrogens with one attached hydrogen (secondary N) is 1. The highest BCUT2D eigenvalue weighted by Gasteiger charge is 2.38. The number of benzene rings is 2. The minimum absolute atomic E-state index is 0.0605. The fraction of sp³-hybridized carbons (Fsp3) is 0.158. The molecule has 140 valence electrons. The molecule has 2 amide bonds. The van der Waals surface area contributed by atoms with Gasteiger partial charge in [-0.15, -0.1) is 0 Å². The van der Waals surface area contributed by atoms with Crippen molar-refractivity contribution in [1.82, 2.24) is 4.90 Å². The van der Waals surface area contributed by atoms with E-state index in [0.29, 0.717) is 10.6 Å². The fourth-order valence-electron chi connectivity index (χ4n) is 2.78. The van der Waals surface area contributed by atoms with Crippen molar-refractivity contribution in [2.24, 2.45) is 0 Å². The van der Waals surface area contributed by atoms with Crippen molar-refractivity contribution in [1.29, 1.82) is 0 Å². The Hall–Kier alpha value is -2.80. The molecule has 27 heavy (non-hydrogen) atoms. The fourth-order valence-corrected chi connectivity index (χ4v) is 2.91. The van der Waals surface area contributed by atoms with Crippen molar-refractivity contribution in [3.05, 3.63) is 70.4 Å². The Morgan fingerprint density at radius 2 is 1.70 bits per heavy atom. The summed E-state index contributed by atoms with van der Waals surface area (Å²) in [5.74, 6) is -1.11. The first-order chi connectivity index (χ1) is 12.7. The van der Waals surface area contributed by atoms with Gasteiger partial charge in [-0.25, -0.2) is 0 Å². The van der Waals surface area contributed by atoms with Crippen LogP contribution < -0.4 is 5.32 Å². The molecular weight excluding hydrogens is 381 g/mol. The number of nitrogens with zero attached hydrogens (tertiary/aromatic N) is 1. The average Bonchev–Trinajstić information content (AvgIpc) is 2.85. The summed E-state index contributed by atoms with van der Waals surface area (Å²) in [7, 11) is 0. The second kappa shape index (κ2) is 7.08. The van der Waals surface area contributed by atoms with Gasteiger partial charge in [0.05, 0.1) is 11.1 Å². The number of likely N-dealkylation sites (N-methyl/N-ethyl adjacent to an activating group) is 1. The monoisotopic (exact) mass is 394 g/mol. The number of imide groups is 1. The second-order valence-electron chi connectivity index (χ2n) is 5.82. The minimum Gasteiger partial charge on any atom is -0.350 e. The molecular formula is C19H14ClF3N2O2. The third-order valence-electron chi connectivity index (χ3n) is 4.08. The molecule has 1 N–H and O–H groups in total. The SMILES string of the molecule is CCN1C(=O)C(Nc2cccc(C(F)(F)F)c2)=C(c2ccc(Cl)cc2)C1=O. The number of hydrogen-bond donors (Lipinski definition) is 1. The molecule has 1 heterocycles. The molecule has 2 aromatic rings. The van der Waals surface area contributed by atoms with Crippen LogP contribution in [0.25, 0.3) is 5.57 Å². The summed E-state index contributed by atoms with van der Waals surface area (Å²) in [6.45, 7) is 1.78. The molecule has 0 aliphatic carbocycles. The molecule has 0 fully saturated rings. The van der Waals surface area contributed by atoms with Crippen LogP contribution in [0, 0.1) is 0 Å². The number of halogens is 4. The lowest BCUT2D eigenvalue weighted by Gasteiger charge is -2.13. The first-order valence-corrected chi connectivity index (χ1v) is 8.41. The molecule has 8 heteroatoms. The van der Waals surface area contributed by atoms with Gasteiger partial charge in [-0.3, -0.25) is 14.5 Å². The molecule has 0 saturated heterocycles. The predicted molar refractivity (Wildman–Crippen MR) is 95.8 cm³/mol. The number of hydrogen-bond acceptors (Lipinski definition) is 3. The van der Waals surface area contributed by atoms with Gasteiger partial charge in [-0.1, -0.05) is 29.8 Å². The van der Waals surface area contributed by atoms with E-state index in [4.69, 9.17) is 11.6 Å². The average molecular weight is 395 g/mol. The summed E-state index contributed by atoms with van der Waals surface area (Å²) in [4.78, 5) is 26.3. The maximum atomic E-state index is 12.9. The lowest BCUT2D eigenvalue weighted by atomic mass is 10.0. The molecule has 0 spiro atoms. The second-order valence-corrected chi connectivity index (χ2v) is 6.25. The van der Waals surface area contributed by atoms with Crippen LogP contribution in [-0.2, 0) is 15.8 Å². The van der Waals surface area contributed by atoms with Crippen LogP contribution in [-0.4, -0.2) is 23.3 Å². The van der Waals surface area contributed by atoms with Crippen molar-refractivity contribution in [3.63, 3.8) is 0 Å². The van der Waals surface area contributed by atoms with Crippen LogP contribution in [0.4, 0.5) is 18.9 Å². The number of amides is 2. The molecule has 0 unspecified atom stereocenters. The van der Waals surface area contributed by atoms with Gasteiger partial charge in [-0.2, -0.15) is 13.2 Å². The molecule has 1 aliphatic heterocycles. The van der Waals surface area contributed by atoms with Crippen LogP contribution in [0.15, 0.2) is 54.2 Å². The molecule has 0 aromatic heterocycles. The molecule has 4 nitrogen and oxygen atoms in total. The molecule has 1 aliphatic rings. The highest BCUT2D eigenvalue weighted by atomic mass is 35.5. The molecule has 0 saturated carbocycles. The van der Waals surface area contributed by atoms with Crippen LogP contribution >= 0.6 is 11.6 Å². The van der Waals surface area contributed by atoms with E-state index in [9.17, 15) is 22.8 Å². The largest absolute Gasteiger partial charge is 0.416 e. The van der Waals surface area contributed by atoms with Gasteiger partial charge in [-0.05, 0) is 42.8 Å². The Bertz CT molecular complexity index is 937. The Balaban J connectivity index is 2.07. The number of carbonyl (C=O) groups excluding carboxylic acids is 2. The van der Waals surface area contributed by atoms with Crippen LogP contribution in [0.3, 0.4) is 0 Å². The van der Waals surface area contributed by atoms with E-state index in [1.54, 1.807) is 31.2 Å². The number of alkyl halides is 3. The van der Waals surface area contributed by atoms with Crippen molar-refractivity contribution in [2.75, 3.05) is 11.9 Å². The summed E-state index contributed by atoms with van der Waals surface area (Å²) in [6, 6.07) is 10.7. The maximum absolute atomic E-state index is 12.9. The molecule has 0 bridgehead atoms. The standard InChI is InChI=1S/C19H14ClF3N2O2/c1-2-25-17(26)15(11-6-8-13(20)9-7-11)16(18(25)27)24-14-5-3-4-12(10-14)19(21,22)23/h3-10,24H,2H2,1H3. The summed E-state index contributed by atoms with van der Waals surface area (Å²) in [6.07, 6.45) is -4.52. The van der Waals surface area contributed by atoms with Gasteiger partial charge in [0, 0.05) is 17.3 Å². The Labute approximate surface area is 158 Å². The summed E-state index contributed by atoms with van der Waals surface area (Å²) >= 11 is 5.87. The Kier molecular flexibility index (Phi) is 4.97. The lowest BCUT2D eigenvalue weighted by Crippen LogP contribution is -2.32.